The predicted octanol–water partition coefficient (Wildman–Crippen LogP) is 4.12. The molecule has 0 heterocycles. The summed E-state index contributed by atoms with van der Waals surface area (Å²) in [6, 6.07) is 0. The normalized spacial score (nSPS) is 10.7. The standard InChI is InChI=1S/C16H30O3/c1-14(2)13-18-11-9-7-5-6-8-10-12-19-16(17)15(3)4/h14H,3,5-13H2,1-2,4H3. The molecule has 0 N–H and O–H groups in total. The van der Waals surface area contributed by atoms with Gasteiger partial charge in [-0.15, -0.1) is 0 Å². The molecular formula is C16H30O3. The molecule has 0 atom stereocenters. The maximum Gasteiger partial charge on any atom is 0.333 e. The highest BCUT2D eigenvalue weighted by Gasteiger charge is 2.01. The minimum absolute atomic E-state index is 0.276. The third-order valence-electron chi connectivity index (χ3n) is 2.72. The number of carbonyl (C=O) groups excluding carboxylic acids is 1. The SMILES string of the molecule is C=C(C)C(=O)OCCCCCCCCOCC(C)C. The van der Waals surface area contributed by atoms with Crippen LogP contribution in [-0.4, -0.2) is 25.8 Å². The second-order valence-electron chi connectivity index (χ2n) is 5.51. The minimum Gasteiger partial charge on any atom is -0.462 e. The summed E-state index contributed by atoms with van der Waals surface area (Å²) in [6.45, 7) is 11.8. The summed E-state index contributed by atoms with van der Waals surface area (Å²) in [7, 11) is 0. The first kappa shape index (κ1) is 18.2. The van der Waals surface area contributed by atoms with E-state index in [1.165, 1.54) is 19.3 Å². The van der Waals surface area contributed by atoms with Crippen LogP contribution < -0.4 is 0 Å². The molecule has 0 aliphatic rings. The second kappa shape index (κ2) is 12.2. The topological polar surface area (TPSA) is 35.5 Å². The molecule has 3 heteroatoms. The van der Waals surface area contributed by atoms with E-state index in [9.17, 15) is 4.79 Å². The van der Waals surface area contributed by atoms with Crippen molar-refractivity contribution in [3.8, 4) is 0 Å². The van der Waals surface area contributed by atoms with Crippen LogP contribution in [0.4, 0.5) is 0 Å². The van der Waals surface area contributed by atoms with Crippen LogP contribution in [0, 0.1) is 5.92 Å². The molecule has 0 spiro atoms. The van der Waals surface area contributed by atoms with Gasteiger partial charge in [0.2, 0.25) is 0 Å². The van der Waals surface area contributed by atoms with E-state index < -0.39 is 0 Å². The van der Waals surface area contributed by atoms with E-state index in [4.69, 9.17) is 9.47 Å². The van der Waals surface area contributed by atoms with Crippen molar-refractivity contribution in [2.45, 2.75) is 59.3 Å². The highest BCUT2D eigenvalue weighted by Crippen LogP contribution is 2.06. The Labute approximate surface area is 118 Å². The van der Waals surface area contributed by atoms with Gasteiger partial charge in [0, 0.05) is 18.8 Å². The molecule has 0 aliphatic heterocycles. The number of hydrogen-bond donors (Lipinski definition) is 0. The first-order valence-corrected chi connectivity index (χ1v) is 7.44. The number of ether oxygens (including phenoxy) is 2. The van der Waals surface area contributed by atoms with Gasteiger partial charge in [0.15, 0.2) is 0 Å². The minimum atomic E-state index is -0.276. The van der Waals surface area contributed by atoms with Gasteiger partial charge in [0.05, 0.1) is 6.61 Å². The zero-order valence-electron chi connectivity index (χ0n) is 12.9. The number of hydrogen-bond acceptors (Lipinski definition) is 3. The molecular weight excluding hydrogens is 240 g/mol. The van der Waals surface area contributed by atoms with Crippen LogP contribution in [0.3, 0.4) is 0 Å². The molecule has 0 amide bonds. The molecule has 0 aliphatic carbocycles. The van der Waals surface area contributed by atoms with Crippen molar-refractivity contribution in [3.05, 3.63) is 12.2 Å². The summed E-state index contributed by atoms with van der Waals surface area (Å²) < 4.78 is 10.6. The molecule has 19 heavy (non-hydrogen) atoms. The van der Waals surface area contributed by atoms with Crippen LogP contribution in [0.15, 0.2) is 12.2 Å². The average Bonchev–Trinajstić information content (AvgIpc) is 2.35. The molecule has 0 aromatic heterocycles. The van der Waals surface area contributed by atoms with E-state index in [1.807, 2.05) is 0 Å². The highest BCUT2D eigenvalue weighted by atomic mass is 16.5. The fourth-order valence-electron chi connectivity index (χ4n) is 1.62. The Bertz CT molecular complexity index is 246. The quantitative estimate of drug-likeness (QED) is 0.304. The van der Waals surface area contributed by atoms with Crippen molar-refractivity contribution < 1.29 is 14.3 Å². The molecule has 112 valence electrons. The average molecular weight is 270 g/mol. The lowest BCUT2D eigenvalue weighted by atomic mass is 10.1. The van der Waals surface area contributed by atoms with Crippen LogP contribution in [-0.2, 0) is 14.3 Å². The van der Waals surface area contributed by atoms with E-state index in [1.54, 1.807) is 6.92 Å². The molecule has 3 nitrogen and oxygen atoms in total. The van der Waals surface area contributed by atoms with Gasteiger partial charge >= 0.3 is 5.97 Å². The van der Waals surface area contributed by atoms with Crippen molar-refractivity contribution in [1.29, 1.82) is 0 Å². The van der Waals surface area contributed by atoms with E-state index in [-0.39, 0.29) is 5.97 Å². The van der Waals surface area contributed by atoms with E-state index in [2.05, 4.69) is 20.4 Å². The molecule has 0 fully saturated rings. The largest absolute Gasteiger partial charge is 0.462 e. The lowest BCUT2D eigenvalue weighted by molar-refractivity contribution is -0.139. The van der Waals surface area contributed by atoms with Gasteiger partial charge in [-0.3, -0.25) is 0 Å². The number of rotatable bonds is 12. The van der Waals surface area contributed by atoms with Gasteiger partial charge in [-0.25, -0.2) is 4.79 Å². The fraction of sp³-hybridized carbons (Fsp3) is 0.812. The Morgan fingerprint density at radius 2 is 1.53 bits per heavy atom. The summed E-state index contributed by atoms with van der Waals surface area (Å²) in [5, 5.41) is 0. The van der Waals surface area contributed by atoms with Gasteiger partial charge in [0.1, 0.15) is 0 Å². The fourth-order valence-corrected chi connectivity index (χ4v) is 1.62. The lowest BCUT2D eigenvalue weighted by Gasteiger charge is -2.06. The zero-order chi connectivity index (χ0) is 14.5. The Kier molecular flexibility index (Phi) is 11.7. The number of esters is 1. The third-order valence-corrected chi connectivity index (χ3v) is 2.72. The van der Waals surface area contributed by atoms with Crippen molar-refractivity contribution in [2.24, 2.45) is 5.92 Å². The van der Waals surface area contributed by atoms with Crippen LogP contribution in [0.2, 0.25) is 0 Å². The molecule has 0 rings (SSSR count). The molecule has 0 saturated carbocycles. The van der Waals surface area contributed by atoms with Gasteiger partial charge in [0.25, 0.3) is 0 Å². The molecule has 0 radical (unpaired) electrons. The molecule has 0 saturated heterocycles. The smallest absolute Gasteiger partial charge is 0.333 e. The monoisotopic (exact) mass is 270 g/mol. The lowest BCUT2D eigenvalue weighted by Crippen LogP contribution is -2.06. The third kappa shape index (κ3) is 13.4. The summed E-state index contributed by atoms with van der Waals surface area (Å²) >= 11 is 0. The van der Waals surface area contributed by atoms with E-state index in [0.29, 0.717) is 18.1 Å². The Balaban J connectivity index is 3.11. The van der Waals surface area contributed by atoms with Gasteiger partial charge in [-0.05, 0) is 25.7 Å². The summed E-state index contributed by atoms with van der Waals surface area (Å²) in [6.07, 6.45) is 6.88. The van der Waals surface area contributed by atoms with Gasteiger partial charge < -0.3 is 9.47 Å². The summed E-state index contributed by atoms with van der Waals surface area (Å²) in [5.74, 6) is 0.351. The maximum atomic E-state index is 11.1. The summed E-state index contributed by atoms with van der Waals surface area (Å²) in [4.78, 5) is 11.1. The summed E-state index contributed by atoms with van der Waals surface area (Å²) in [5.41, 5.74) is 0.474. The first-order chi connectivity index (χ1) is 9.04. The Morgan fingerprint density at radius 3 is 2.05 bits per heavy atom. The van der Waals surface area contributed by atoms with E-state index >= 15 is 0 Å². The van der Waals surface area contributed by atoms with Gasteiger partial charge in [-0.1, -0.05) is 46.1 Å². The van der Waals surface area contributed by atoms with E-state index in [0.717, 1.165) is 32.5 Å². The molecule has 0 unspecified atom stereocenters. The first-order valence-electron chi connectivity index (χ1n) is 7.44. The maximum absolute atomic E-state index is 11.1. The van der Waals surface area contributed by atoms with Crippen LogP contribution in [0.5, 0.6) is 0 Å². The predicted molar refractivity (Wildman–Crippen MR) is 79.1 cm³/mol. The number of unbranched alkanes of at least 4 members (excludes halogenated alkanes) is 5. The zero-order valence-corrected chi connectivity index (χ0v) is 12.9. The molecule has 0 bridgehead atoms. The molecule has 0 aromatic carbocycles. The molecule has 0 aromatic rings. The van der Waals surface area contributed by atoms with Crippen LogP contribution in [0.1, 0.15) is 59.3 Å². The Morgan fingerprint density at radius 1 is 1.00 bits per heavy atom. The van der Waals surface area contributed by atoms with Crippen molar-refractivity contribution in [3.63, 3.8) is 0 Å². The Hall–Kier alpha value is -0.830. The number of carbonyl (C=O) groups is 1. The van der Waals surface area contributed by atoms with Crippen molar-refractivity contribution >= 4 is 5.97 Å². The van der Waals surface area contributed by atoms with Crippen LogP contribution >= 0.6 is 0 Å². The van der Waals surface area contributed by atoms with Crippen molar-refractivity contribution in [1.82, 2.24) is 0 Å². The highest BCUT2D eigenvalue weighted by molar-refractivity contribution is 5.86. The van der Waals surface area contributed by atoms with Crippen molar-refractivity contribution in [2.75, 3.05) is 19.8 Å². The van der Waals surface area contributed by atoms with Gasteiger partial charge in [-0.2, -0.15) is 0 Å². The second-order valence-corrected chi connectivity index (χ2v) is 5.51. The van der Waals surface area contributed by atoms with Crippen LogP contribution in [0.25, 0.3) is 0 Å².